The van der Waals surface area contributed by atoms with Crippen LogP contribution in [0.4, 0.5) is 5.69 Å². The lowest BCUT2D eigenvalue weighted by molar-refractivity contribution is -0.682. The van der Waals surface area contributed by atoms with Gasteiger partial charge in [0, 0.05) is 11.3 Å². The third kappa shape index (κ3) is 4.18. The van der Waals surface area contributed by atoms with E-state index in [0.717, 1.165) is 17.7 Å². The maximum Gasteiger partial charge on any atom is 0.279 e. The predicted molar refractivity (Wildman–Crippen MR) is 90.8 cm³/mol. The molecule has 3 N–H and O–H groups in total. The molecule has 3 nitrogen and oxygen atoms in total. The number of carbonyl (C=O) groups is 1. The van der Waals surface area contributed by atoms with Crippen LogP contribution in [0.2, 0.25) is 0 Å². The molecule has 22 heavy (non-hydrogen) atoms. The standard InChI is InChI=1S/C19H24N2O/c1-4-16-12-8-9-14(2)19(16)21-18(22)13-20-15(3)17-10-6-5-7-11-17/h5-12,15,20H,4,13H2,1-3H3,(H,21,22)/p+1/t15-/m0/s1. The molecular formula is C19H25N2O+. The monoisotopic (exact) mass is 297 g/mol. The Balaban J connectivity index is 1.94. The van der Waals surface area contributed by atoms with E-state index in [1.807, 2.05) is 37.3 Å². The molecule has 0 radical (unpaired) electrons. The number of quaternary nitrogens is 1. The fourth-order valence-corrected chi connectivity index (χ4v) is 2.57. The Bertz CT molecular complexity index is 623. The van der Waals surface area contributed by atoms with E-state index >= 15 is 0 Å². The molecule has 1 amide bonds. The lowest BCUT2D eigenvalue weighted by Gasteiger charge is -2.14. The van der Waals surface area contributed by atoms with Crippen LogP contribution in [-0.4, -0.2) is 12.5 Å². The van der Waals surface area contributed by atoms with Crippen LogP contribution in [0.25, 0.3) is 0 Å². The molecule has 1 atom stereocenters. The number of nitrogens with one attached hydrogen (secondary N) is 1. The number of aryl methyl sites for hydroxylation is 2. The third-order valence-corrected chi connectivity index (χ3v) is 3.99. The predicted octanol–water partition coefficient (Wildman–Crippen LogP) is 2.82. The molecule has 0 saturated heterocycles. The zero-order valence-corrected chi connectivity index (χ0v) is 13.6. The zero-order valence-electron chi connectivity index (χ0n) is 13.6. The molecule has 0 aliphatic heterocycles. The summed E-state index contributed by atoms with van der Waals surface area (Å²) in [6.07, 6.45) is 0.918. The summed E-state index contributed by atoms with van der Waals surface area (Å²) in [4.78, 5) is 12.2. The number of hydrogen-bond acceptors (Lipinski definition) is 1. The summed E-state index contributed by atoms with van der Waals surface area (Å²) in [6.45, 7) is 6.68. The van der Waals surface area contributed by atoms with Crippen molar-refractivity contribution in [2.24, 2.45) is 0 Å². The highest BCUT2D eigenvalue weighted by Gasteiger charge is 2.13. The molecule has 0 heterocycles. The fraction of sp³-hybridized carbons (Fsp3) is 0.316. The first kappa shape index (κ1) is 16.2. The molecule has 0 fully saturated rings. The van der Waals surface area contributed by atoms with Crippen LogP contribution in [0.5, 0.6) is 0 Å². The highest BCUT2D eigenvalue weighted by atomic mass is 16.1. The first-order chi connectivity index (χ1) is 10.6. The maximum atomic E-state index is 12.2. The van der Waals surface area contributed by atoms with Gasteiger partial charge in [0.2, 0.25) is 0 Å². The molecule has 3 heteroatoms. The number of carbonyl (C=O) groups excluding carboxylic acids is 1. The second-order valence-electron chi connectivity index (χ2n) is 5.65. The average Bonchev–Trinajstić information content (AvgIpc) is 2.55. The highest BCUT2D eigenvalue weighted by Crippen LogP contribution is 2.20. The number of para-hydroxylation sites is 1. The summed E-state index contributed by atoms with van der Waals surface area (Å²) in [5.41, 5.74) is 4.50. The third-order valence-electron chi connectivity index (χ3n) is 3.99. The Labute approximate surface area is 132 Å². The van der Waals surface area contributed by atoms with E-state index < -0.39 is 0 Å². The van der Waals surface area contributed by atoms with Crippen molar-refractivity contribution in [3.05, 3.63) is 65.2 Å². The molecule has 0 spiro atoms. The number of nitrogens with two attached hydrogens (primary N) is 1. The van der Waals surface area contributed by atoms with Gasteiger partial charge in [0.1, 0.15) is 6.04 Å². The van der Waals surface area contributed by atoms with Crippen molar-refractivity contribution in [3.63, 3.8) is 0 Å². The molecule has 0 bridgehead atoms. The van der Waals surface area contributed by atoms with Crippen LogP contribution in [0.1, 0.15) is 36.6 Å². The van der Waals surface area contributed by atoms with Crippen LogP contribution in [0.15, 0.2) is 48.5 Å². The first-order valence-electron chi connectivity index (χ1n) is 7.88. The second-order valence-corrected chi connectivity index (χ2v) is 5.65. The summed E-state index contributed by atoms with van der Waals surface area (Å²) in [5.74, 6) is 0.0479. The Morgan fingerprint density at radius 1 is 1.14 bits per heavy atom. The number of amides is 1. The number of rotatable bonds is 6. The Morgan fingerprint density at radius 2 is 1.86 bits per heavy atom. The topological polar surface area (TPSA) is 45.7 Å². The van der Waals surface area contributed by atoms with Crippen molar-refractivity contribution in [2.75, 3.05) is 11.9 Å². The molecule has 0 aliphatic rings. The summed E-state index contributed by atoms with van der Waals surface area (Å²) < 4.78 is 0. The van der Waals surface area contributed by atoms with Gasteiger partial charge in [-0.1, -0.05) is 55.5 Å². The number of benzene rings is 2. The quantitative estimate of drug-likeness (QED) is 0.846. The molecule has 0 aliphatic carbocycles. The minimum Gasteiger partial charge on any atom is -0.333 e. The van der Waals surface area contributed by atoms with Gasteiger partial charge in [-0.2, -0.15) is 0 Å². The van der Waals surface area contributed by atoms with Crippen molar-refractivity contribution in [1.29, 1.82) is 0 Å². The van der Waals surface area contributed by atoms with Crippen LogP contribution in [0.3, 0.4) is 0 Å². The maximum absolute atomic E-state index is 12.2. The smallest absolute Gasteiger partial charge is 0.279 e. The van der Waals surface area contributed by atoms with Gasteiger partial charge in [0.25, 0.3) is 5.91 Å². The SMILES string of the molecule is CCc1cccc(C)c1NC(=O)C[NH2+][C@@H](C)c1ccccc1. The van der Waals surface area contributed by atoms with Gasteiger partial charge in [0.05, 0.1) is 0 Å². The largest absolute Gasteiger partial charge is 0.333 e. The Morgan fingerprint density at radius 3 is 2.55 bits per heavy atom. The van der Waals surface area contributed by atoms with Gasteiger partial charge in [0.15, 0.2) is 6.54 Å². The minimum atomic E-state index is 0.0479. The molecular weight excluding hydrogens is 272 g/mol. The van der Waals surface area contributed by atoms with Gasteiger partial charge in [-0.25, -0.2) is 0 Å². The van der Waals surface area contributed by atoms with E-state index in [1.165, 1.54) is 11.1 Å². The lowest BCUT2D eigenvalue weighted by Crippen LogP contribution is -2.86. The zero-order chi connectivity index (χ0) is 15.9. The summed E-state index contributed by atoms with van der Waals surface area (Å²) in [5, 5.41) is 5.13. The Hall–Kier alpha value is -2.13. The van der Waals surface area contributed by atoms with Gasteiger partial charge < -0.3 is 10.6 Å². The van der Waals surface area contributed by atoms with Gasteiger partial charge >= 0.3 is 0 Å². The van der Waals surface area contributed by atoms with Gasteiger partial charge in [-0.05, 0) is 31.4 Å². The van der Waals surface area contributed by atoms with Gasteiger partial charge in [-0.3, -0.25) is 4.79 Å². The fourth-order valence-electron chi connectivity index (χ4n) is 2.57. The van der Waals surface area contributed by atoms with Crippen LogP contribution in [-0.2, 0) is 11.2 Å². The summed E-state index contributed by atoms with van der Waals surface area (Å²) in [6, 6.07) is 16.7. The molecule has 0 saturated carbocycles. The van der Waals surface area contributed by atoms with E-state index in [0.29, 0.717) is 6.54 Å². The van der Waals surface area contributed by atoms with E-state index in [4.69, 9.17) is 0 Å². The summed E-state index contributed by atoms with van der Waals surface area (Å²) >= 11 is 0. The molecule has 0 aromatic heterocycles. The van der Waals surface area contributed by atoms with Gasteiger partial charge in [-0.15, -0.1) is 0 Å². The van der Waals surface area contributed by atoms with Crippen LogP contribution < -0.4 is 10.6 Å². The van der Waals surface area contributed by atoms with E-state index in [1.54, 1.807) is 0 Å². The number of anilines is 1. The first-order valence-corrected chi connectivity index (χ1v) is 7.88. The van der Waals surface area contributed by atoms with E-state index in [9.17, 15) is 4.79 Å². The normalized spacial score (nSPS) is 12.0. The van der Waals surface area contributed by atoms with Crippen molar-refractivity contribution in [3.8, 4) is 0 Å². The second kappa shape index (κ2) is 7.76. The molecule has 2 aromatic rings. The molecule has 116 valence electrons. The minimum absolute atomic E-state index is 0.0479. The van der Waals surface area contributed by atoms with E-state index in [2.05, 4.69) is 42.7 Å². The van der Waals surface area contributed by atoms with Crippen LogP contribution in [0, 0.1) is 6.92 Å². The molecule has 2 rings (SSSR count). The van der Waals surface area contributed by atoms with E-state index in [-0.39, 0.29) is 11.9 Å². The van der Waals surface area contributed by atoms with Crippen molar-refractivity contribution in [1.82, 2.24) is 0 Å². The summed E-state index contributed by atoms with van der Waals surface area (Å²) in [7, 11) is 0. The van der Waals surface area contributed by atoms with Crippen LogP contribution >= 0.6 is 0 Å². The highest BCUT2D eigenvalue weighted by molar-refractivity contribution is 5.93. The van der Waals surface area contributed by atoms with Crippen molar-refractivity contribution in [2.45, 2.75) is 33.2 Å². The lowest BCUT2D eigenvalue weighted by atomic mass is 10.1. The number of hydrogen-bond donors (Lipinski definition) is 2. The molecule has 2 aromatic carbocycles. The van der Waals surface area contributed by atoms with Crippen molar-refractivity contribution >= 4 is 11.6 Å². The Kier molecular flexibility index (Phi) is 5.73. The van der Waals surface area contributed by atoms with Crippen molar-refractivity contribution < 1.29 is 10.1 Å². The average molecular weight is 297 g/mol. The molecule has 0 unspecified atom stereocenters.